The maximum Gasteiger partial charge on any atom is 0.326 e. The van der Waals surface area contributed by atoms with Gasteiger partial charge in [-0.3, -0.25) is 24.0 Å². The van der Waals surface area contributed by atoms with Crippen LogP contribution in [-0.4, -0.2) is 64.8 Å². The fourth-order valence-electron chi connectivity index (χ4n) is 3.65. The Labute approximate surface area is 224 Å². The molecule has 39 heavy (non-hydrogen) atoms. The minimum absolute atomic E-state index is 0.00791. The first-order valence-corrected chi connectivity index (χ1v) is 12.0. The topological polar surface area (TPSA) is 237 Å². The second kappa shape index (κ2) is 14.8. The van der Waals surface area contributed by atoms with Gasteiger partial charge in [0.25, 0.3) is 0 Å². The molecule has 2 rings (SSSR count). The lowest BCUT2D eigenvalue weighted by Gasteiger charge is -2.25. The molecular formula is C26H32N6O7. The summed E-state index contributed by atoms with van der Waals surface area (Å²) in [6, 6.07) is 11.8. The fourth-order valence-corrected chi connectivity index (χ4v) is 3.65. The Bertz CT molecular complexity index is 1180. The predicted molar refractivity (Wildman–Crippen MR) is 139 cm³/mol. The molecule has 13 heteroatoms. The standard InChI is InChI=1S/C26H32N6O7/c27-17(13-21(28)33)23(35)30-19(14-22(29)34)25(37)31-18(11-15-7-3-1-4-8-15)24(36)32-20(26(38)39)12-16-9-5-2-6-10-16/h1-10,17-20H,11-14,27H2,(H2,28,33)(H2,29,34)(H,30,35)(H,31,37)(H,32,36)(H,38,39). The van der Waals surface area contributed by atoms with E-state index < -0.39 is 72.5 Å². The number of carboxylic acids is 1. The SMILES string of the molecule is NC(=O)CC(N)C(=O)NC(CC(N)=O)C(=O)NC(Cc1ccccc1)C(=O)NC(Cc1ccccc1)C(=O)O. The van der Waals surface area contributed by atoms with Gasteiger partial charge in [-0.25, -0.2) is 4.79 Å². The van der Waals surface area contributed by atoms with Crippen molar-refractivity contribution in [3.05, 3.63) is 71.8 Å². The fraction of sp³-hybridized carbons (Fsp3) is 0.308. The Morgan fingerprint density at radius 1 is 0.615 bits per heavy atom. The number of amides is 5. The molecule has 4 unspecified atom stereocenters. The number of carboxylic acid groups (broad SMARTS) is 1. The van der Waals surface area contributed by atoms with Crippen LogP contribution in [0.5, 0.6) is 0 Å². The molecule has 0 aromatic heterocycles. The molecule has 0 radical (unpaired) electrons. The predicted octanol–water partition coefficient (Wildman–Crippen LogP) is -1.91. The summed E-state index contributed by atoms with van der Waals surface area (Å²) in [6.45, 7) is 0. The van der Waals surface area contributed by atoms with Crippen molar-refractivity contribution in [1.82, 2.24) is 16.0 Å². The number of rotatable bonds is 15. The van der Waals surface area contributed by atoms with Gasteiger partial charge in [-0.15, -0.1) is 0 Å². The Kier molecular flexibility index (Phi) is 11.6. The van der Waals surface area contributed by atoms with Crippen LogP contribution in [0.25, 0.3) is 0 Å². The van der Waals surface area contributed by atoms with Crippen LogP contribution in [0.3, 0.4) is 0 Å². The van der Waals surface area contributed by atoms with Crippen LogP contribution in [-0.2, 0) is 41.6 Å². The van der Waals surface area contributed by atoms with Crippen LogP contribution in [0, 0.1) is 0 Å². The van der Waals surface area contributed by atoms with Gasteiger partial charge in [-0.1, -0.05) is 60.7 Å². The number of carbonyl (C=O) groups excluding carboxylic acids is 5. The molecule has 2 aromatic rings. The largest absolute Gasteiger partial charge is 0.480 e. The molecule has 4 atom stereocenters. The van der Waals surface area contributed by atoms with Gasteiger partial charge in [0.1, 0.15) is 18.1 Å². The molecule has 2 aromatic carbocycles. The van der Waals surface area contributed by atoms with E-state index in [1.54, 1.807) is 60.7 Å². The molecule has 0 aliphatic rings. The average molecular weight is 541 g/mol. The molecule has 10 N–H and O–H groups in total. The second-order valence-corrected chi connectivity index (χ2v) is 8.85. The van der Waals surface area contributed by atoms with E-state index in [1.165, 1.54) is 0 Å². The van der Waals surface area contributed by atoms with Crippen LogP contribution >= 0.6 is 0 Å². The van der Waals surface area contributed by atoms with E-state index in [1.807, 2.05) is 0 Å². The van der Waals surface area contributed by atoms with Crippen LogP contribution < -0.4 is 33.2 Å². The summed E-state index contributed by atoms with van der Waals surface area (Å²) < 4.78 is 0. The van der Waals surface area contributed by atoms with E-state index in [-0.39, 0.29) is 12.8 Å². The van der Waals surface area contributed by atoms with Gasteiger partial charge < -0.3 is 38.3 Å². The highest BCUT2D eigenvalue weighted by Gasteiger charge is 2.31. The molecule has 0 bridgehead atoms. The third kappa shape index (κ3) is 10.6. The Morgan fingerprint density at radius 2 is 1.03 bits per heavy atom. The zero-order valence-electron chi connectivity index (χ0n) is 21.0. The number of carbonyl (C=O) groups is 6. The molecule has 13 nitrogen and oxygen atoms in total. The van der Waals surface area contributed by atoms with Crippen LogP contribution in [0.1, 0.15) is 24.0 Å². The Morgan fingerprint density at radius 3 is 1.49 bits per heavy atom. The Hall–Kier alpha value is -4.78. The van der Waals surface area contributed by atoms with Crippen molar-refractivity contribution >= 4 is 35.5 Å². The number of aliphatic carboxylic acids is 1. The number of nitrogens with two attached hydrogens (primary N) is 3. The van der Waals surface area contributed by atoms with Gasteiger partial charge in [0.15, 0.2) is 0 Å². The first-order chi connectivity index (χ1) is 18.5. The highest BCUT2D eigenvalue weighted by molar-refractivity contribution is 5.97. The monoisotopic (exact) mass is 540 g/mol. The number of nitrogens with one attached hydrogen (secondary N) is 3. The highest BCUT2D eigenvalue weighted by atomic mass is 16.4. The summed E-state index contributed by atoms with van der Waals surface area (Å²) in [6.07, 6.45) is -1.18. The number of hydrogen-bond acceptors (Lipinski definition) is 7. The maximum absolute atomic E-state index is 13.2. The summed E-state index contributed by atoms with van der Waals surface area (Å²) in [5, 5.41) is 16.8. The van der Waals surface area contributed by atoms with Crippen LogP contribution in [0.2, 0.25) is 0 Å². The highest BCUT2D eigenvalue weighted by Crippen LogP contribution is 2.08. The van der Waals surface area contributed by atoms with Gasteiger partial charge in [0, 0.05) is 12.8 Å². The normalized spacial score (nSPS) is 13.7. The summed E-state index contributed by atoms with van der Waals surface area (Å²) >= 11 is 0. The van der Waals surface area contributed by atoms with Gasteiger partial charge >= 0.3 is 5.97 Å². The van der Waals surface area contributed by atoms with Crippen molar-refractivity contribution in [2.45, 2.75) is 49.9 Å². The van der Waals surface area contributed by atoms with Crippen molar-refractivity contribution in [1.29, 1.82) is 0 Å². The number of benzene rings is 2. The first-order valence-electron chi connectivity index (χ1n) is 12.0. The second-order valence-electron chi connectivity index (χ2n) is 8.85. The average Bonchev–Trinajstić information content (AvgIpc) is 2.87. The zero-order valence-corrected chi connectivity index (χ0v) is 21.0. The van der Waals surface area contributed by atoms with E-state index in [0.717, 1.165) is 0 Å². The van der Waals surface area contributed by atoms with Crippen LogP contribution in [0.4, 0.5) is 0 Å². The molecular weight excluding hydrogens is 508 g/mol. The van der Waals surface area contributed by atoms with Gasteiger partial charge in [-0.2, -0.15) is 0 Å². The molecule has 208 valence electrons. The quantitative estimate of drug-likeness (QED) is 0.134. The Balaban J connectivity index is 2.25. The van der Waals surface area contributed by atoms with Crippen molar-refractivity contribution in [2.24, 2.45) is 17.2 Å². The lowest BCUT2D eigenvalue weighted by molar-refractivity contribution is -0.142. The van der Waals surface area contributed by atoms with Crippen molar-refractivity contribution in [2.75, 3.05) is 0 Å². The lowest BCUT2D eigenvalue weighted by Crippen LogP contribution is -2.58. The summed E-state index contributed by atoms with van der Waals surface area (Å²) in [5.74, 6) is -5.75. The summed E-state index contributed by atoms with van der Waals surface area (Å²) in [7, 11) is 0. The minimum Gasteiger partial charge on any atom is -0.480 e. The zero-order chi connectivity index (χ0) is 28.9. The van der Waals surface area contributed by atoms with Gasteiger partial charge in [0.2, 0.25) is 29.5 Å². The minimum atomic E-state index is -1.53. The van der Waals surface area contributed by atoms with Gasteiger partial charge in [-0.05, 0) is 11.1 Å². The van der Waals surface area contributed by atoms with Crippen molar-refractivity contribution in [3.8, 4) is 0 Å². The molecule has 0 saturated carbocycles. The maximum atomic E-state index is 13.2. The van der Waals surface area contributed by atoms with E-state index in [4.69, 9.17) is 17.2 Å². The molecule has 0 aliphatic heterocycles. The molecule has 0 saturated heterocycles. The molecule has 0 aliphatic carbocycles. The van der Waals surface area contributed by atoms with Crippen molar-refractivity contribution in [3.63, 3.8) is 0 Å². The first kappa shape index (κ1) is 30.4. The number of primary amides is 2. The van der Waals surface area contributed by atoms with Crippen LogP contribution in [0.15, 0.2) is 60.7 Å². The number of hydrogen-bond donors (Lipinski definition) is 7. The summed E-state index contributed by atoms with van der Waals surface area (Å²) in [4.78, 5) is 73.3. The lowest BCUT2D eigenvalue weighted by atomic mass is 10.0. The molecule has 0 heterocycles. The third-order valence-electron chi connectivity index (χ3n) is 5.61. The van der Waals surface area contributed by atoms with Gasteiger partial charge in [0.05, 0.1) is 18.9 Å². The van der Waals surface area contributed by atoms with E-state index in [9.17, 15) is 33.9 Å². The van der Waals surface area contributed by atoms with E-state index in [0.29, 0.717) is 11.1 Å². The third-order valence-corrected chi connectivity index (χ3v) is 5.61. The molecule has 5 amide bonds. The van der Waals surface area contributed by atoms with E-state index in [2.05, 4.69) is 16.0 Å². The van der Waals surface area contributed by atoms with E-state index >= 15 is 0 Å². The molecule has 0 spiro atoms. The molecule has 0 fully saturated rings. The van der Waals surface area contributed by atoms with Crippen molar-refractivity contribution < 1.29 is 33.9 Å². The smallest absolute Gasteiger partial charge is 0.326 e. The summed E-state index contributed by atoms with van der Waals surface area (Å²) in [5.41, 5.74) is 17.2.